The summed E-state index contributed by atoms with van der Waals surface area (Å²) >= 11 is 0. The molecule has 0 heterocycles. The Morgan fingerprint density at radius 3 is 2.35 bits per heavy atom. The molecule has 0 saturated heterocycles. The van der Waals surface area contributed by atoms with E-state index in [0.29, 0.717) is 68.7 Å². The number of fused-ring (bicyclic) bond motifs is 1. The van der Waals surface area contributed by atoms with Crippen molar-refractivity contribution in [2.75, 3.05) is 39.2 Å². The van der Waals surface area contributed by atoms with E-state index in [1.807, 2.05) is 0 Å². The third kappa shape index (κ3) is 5.38. The second-order valence-electron chi connectivity index (χ2n) is 16.2. The van der Waals surface area contributed by atoms with Crippen LogP contribution in [-0.2, 0) is 4.74 Å². The Kier molecular flexibility index (Phi) is 8.99. The summed E-state index contributed by atoms with van der Waals surface area (Å²) in [5.41, 5.74) is -2.29. The monoisotopic (exact) mass is 704 g/mol. The zero-order valence-corrected chi connectivity index (χ0v) is 30.0. The van der Waals surface area contributed by atoms with Crippen molar-refractivity contribution in [3.05, 3.63) is 83.5 Å². The highest BCUT2D eigenvalue weighted by Crippen LogP contribution is 2.78. The molecule has 51 heavy (non-hydrogen) atoms. The number of urea groups is 1. The van der Waals surface area contributed by atoms with E-state index >= 15 is 0 Å². The van der Waals surface area contributed by atoms with Crippen molar-refractivity contribution < 1.29 is 38.1 Å². The predicted molar refractivity (Wildman–Crippen MR) is 189 cm³/mol. The average molecular weight is 705 g/mol. The number of halogens is 2. The van der Waals surface area contributed by atoms with Gasteiger partial charge in [-0.25, -0.2) is 13.6 Å². The number of allylic oxidation sites excluding steroid dienone is 4. The van der Waals surface area contributed by atoms with Crippen LogP contribution in [0.4, 0.5) is 19.3 Å². The molecule has 6 aliphatic carbocycles. The maximum Gasteiger partial charge on any atom is 0.321 e. The van der Waals surface area contributed by atoms with Gasteiger partial charge in [0.1, 0.15) is 5.75 Å². The molecular formula is C41H50F2N2O6. The fourth-order valence-corrected chi connectivity index (χ4v) is 11.2. The van der Waals surface area contributed by atoms with E-state index in [-0.39, 0.29) is 41.2 Å². The van der Waals surface area contributed by atoms with Crippen LogP contribution in [0, 0.1) is 45.1 Å². The first-order valence-corrected chi connectivity index (χ1v) is 18.3. The van der Waals surface area contributed by atoms with Gasteiger partial charge in [0.05, 0.1) is 25.4 Å². The number of hydrogen-bond acceptors (Lipinski definition) is 6. The highest BCUT2D eigenvalue weighted by atomic mass is 19.2. The quantitative estimate of drug-likeness (QED) is 0.136. The topological polar surface area (TPSA) is 108 Å². The molecule has 0 aliphatic heterocycles. The van der Waals surface area contributed by atoms with Crippen LogP contribution < -0.4 is 10.1 Å². The largest absolute Gasteiger partial charge is 0.497 e. The molecule has 2 amide bonds. The third-order valence-electron chi connectivity index (χ3n) is 14.0. The molecule has 2 aromatic carbocycles. The van der Waals surface area contributed by atoms with Gasteiger partial charge in [0.15, 0.2) is 17.4 Å². The minimum absolute atomic E-state index is 0.0355. The minimum Gasteiger partial charge on any atom is -0.497 e. The number of benzene rings is 2. The van der Waals surface area contributed by atoms with Crippen LogP contribution in [0.25, 0.3) is 0 Å². The predicted octanol–water partition coefficient (Wildman–Crippen LogP) is 7.32. The van der Waals surface area contributed by atoms with Gasteiger partial charge in [0.25, 0.3) is 0 Å². The third-order valence-corrected chi connectivity index (χ3v) is 14.0. The number of carbonyl (C=O) groups excluding carboxylic acids is 2. The number of methoxy groups -OCH3 is 2. The van der Waals surface area contributed by atoms with Gasteiger partial charge >= 0.3 is 6.03 Å². The van der Waals surface area contributed by atoms with E-state index in [1.54, 1.807) is 43.4 Å². The van der Waals surface area contributed by atoms with E-state index in [1.165, 1.54) is 6.07 Å². The van der Waals surface area contributed by atoms with E-state index in [9.17, 15) is 28.6 Å². The van der Waals surface area contributed by atoms with E-state index in [2.05, 4.69) is 37.4 Å². The summed E-state index contributed by atoms with van der Waals surface area (Å²) in [5, 5.41) is 26.8. The maximum absolute atomic E-state index is 14.6. The van der Waals surface area contributed by atoms with Crippen molar-refractivity contribution in [3.8, 4) is 5.75 Å². The van der Waals surface area contributed by atoms with Gasteiger partial charge in [-0.1, -0.05) is 32.1 Å². The SMILES string of the molecule is COCCCN(C[C@]1(O)CC[C@H]2[C@]34C=C[C@@]5(C=C3C(=O)c3ccc(F)c(F)c3)CC(O)CC[C@]5(C)[C@H]4CC[C@@]21C)C(=O)Nc1ccc(OC)cc1. The normalized spacial score (nSPS) is 36.1. The van der Waals surface area contributed by atoms with Crippen molar-refractivity contribution in [3.63, 3.8) is 0 Å². The number of ether oxygens (including phenoxy) is 2. The summed E-state index contributed by atoms with van der Waals surface area (Å²) < 4.78 is 39.2. The zero-order chi connectivity index (χ0) is 36.4. The molecule has 10 heteroatoms. The van der Waals surface area contributed by atoms with Crippen molar-refractivity contribution in [1.82, 2.24) is 4.90 Å². The van der Waals surface area contributed by atoms with Crippen LogP contribution in [0.15, 0.2) is 66.3 Å². The van der Waals surface area contributed by atoms with Crippen molar-refractivity contribution in [2.45, 2.75) is 76.9 Å². The first-order valence-electron chi connectivity index (χ1n) is 18.3. The van der Waals surface area contributed by atoms with Crippen molar-refractivity contribution in [2.24, 2.45) is 33.5 Å². The van der Waals surface area contributed by atoms with Crippen LogP contribution in [0.3, 0.4) is 0 Å². The van der Waals surface area contributed by atoms with Gasteiger partial charge in [-0.05, 0) is 111 Å². The molecule has 8 nitrogen and oxygen atoms in total. The number of amides is 2. The lowest BCUT2D eigenvalue weighted by atomic mass is 9.32. The molecule has 6 aliphatic rings. The van der Waals surface area contributed by atoms with Crippen LogP contribution in [-0.4, -0.2) is 72.5 Å². The Bertz CT molecular complexity index is 1760. The lowest BCUT2D eigenvalue weighted by Crippen LogP contribution is -2.67. The van der Waals surface area contributed by atoms with Crippen LogP contribution in [0.1, 0.15) is 75.6 Å². The van der Waals surface area contributed by atoms with Crippen molar-refractivity contribution >= 4 is 17.5 Å². The van der Waals surface area contributed by atoms with Gasteiger partial charge in [0.2, 0.25) is 0 Å². The molecule has 2 aromatic rings. The number of aliphatic hydroxyl groups is 2. The summed E-state index contributed by atoms with van der Waals surface area (Å²) in [6.45, 7) is 5.33. The summed E-state index contributed by atoms with van der Waals surface area (Å²) in [7, 11) is 3.20. The zero-order valence-electron chi connectivity index (χ0n) is 30.0. The number of carbonyl (C=O) groups is 2. The molecule has 0 radical (unpaired) electrons. The highest BCUT2D eigenvalue weighted by molar-refractivity contribution is 6.10. The fourth-order valence-electron chi connectivity index (χ4n) is 11.2. The van der Waals surface area contributed by atoms with Crippen LogP contribution in [0.5, 0.6) is 5.75 Å². The number of Topliss-reactive ketones (excluding diaryl/α,β-unsaturated/α-hetero) is 1. The Balaban J connectivity index is 1.26. The molecular weight excluding hydrogens is 654 g/mol. The number of ketones is 1. The smallest absolute Gasteiger partial charge is 0.321 e. The second kappa shape index (κ2) is 12.8. The molecule has 274 valence electrons. The summed E-state index contributed by atoms with van der Waals surface area (Å²) in [6, 6.07) is 10.1. The number of anilines is 1. The number of rotatable bonds is 10. The summed E-state index contributed by atoms with van der Waals surface area (Å²) in [4.78, 5) is 30.2. The van der Waals surface area contributed by atoms with Crippen molar-refractivity contribution in [1.29, 1.82) is 0 Å². The maximum atomic E-state index is 14.6. The van der Waals surface area contributed by atoms with E-state index < -0.39 is 39.6 Å². The standard InChI is InChI=1S/C41H50F2N2O6/c1-37-15-12-28(46)23-39(37)18-19-41(30(24-39)35(47)26-6-11-31(42)32(43)22-26)33(37)13-16-38(2)34(41)14-17-40(38,49)25-45(20-5-21-50-3)36(48)44-27-7-9-29(51-4)10-8-27/h6-11,18-19,22,24,28,33-34,46,49H,5,12-17,20-21,23,25H2,1-4H3,(H,44,48)/t28?,33-,34-,37-,38+,39+,40-,41-/m1/s1. The Labute approximate surface area is 298 Å². The molecule has 8 atom stereocenters. The lowest BCUT2D eigenvalue weighted by Gasteiger charge is -2.71. The molecule has 1 unspecified atom stereocenters. The van der Waals surface area contributed by atoms with Gasteiger partial charge in [-0.2, -0.15) is 0 Å². The molecule has 2 spiro atoms. The minimum atomic E-state index is -1.28. The molecule has 3 saturated carbocycles. The average Bonchev–Trinajstić information content (AvgIpc) is 3.38. The molecule has 8 rings (SSSR count). The van der Waals surface area contributed by atoms with Gasteiger partial charge in [-0.3, -0.25) is 4.79 Å². The van der Waals surface area contributed by atoms with E-state index in [4.69, 9.17) is 9.47 Å². The first kappa shape index (κ1) is 35.8. The summed E-state index contributed by atoms with van der Waals surface area (Å²) in [5.74, 6) is -1.89. The van der Waals surface area contributed by atoms with Gasteiger partial charge in [-0.15, -0.1) is 0 Å². The molecule has 2 bridgehead atoms. The molecule has 0 aromatic heterocycles. The Hall–Kier alpha value is -3.60. The summed E-state index contributed by atoms with van der Waals surface area (Å²) in [6.07, 6.45) is 11.0. The second-order valence-corrected chi connectivity index (χ2v) is 16.2. The fraction of sp³-hybridized carbons (Fsp3) is 0.561. The lowest BCUT2D eigenvalue weighted by molar-refractivity contribution is -0.174. The van der Waals surface area contributed by atoms with Gasteiger partial charge < -0.3 is 29.9 Å². The number of nitrogens with zero attached hydrogens (tertiary/aromatic N) is 1. The Morgan fingerprint density at radius 1 is 0.941 bits per heavy atom. The Morgan fingerprint density at radius 2 is 1.65 bits per heavy atom. The van der Waals surface area contributed by atoms with E-state index in [0.717, 1.165) is 25.0 Å². The molecule has 3 N–H and O–H groups in total. The van der Waals surface area contributed by atoms with Gasteiger partial charge in [0, 0.05) is 53.3 Å². The van der Waals surface area contributed by atoms with Crippen LogP contribution >= 0.6 is 0 Å². The number of aliphatic hydroxyl groups excluding tert-OH is 1. The highest BCUT2D eigenvalue weighted by Gasteiger charge is 2.74. The first-order chi connectivity index (χ1) is 24.3. The number of nitrogens with one attached hydrogen (secondary N) is 1. The van der Waals surface area contributed by atoms with Crippen LogP contribution in [0.2, 0.25) is 0 Å². The molecule has 3 fully saturated rings. The number of hydrogen-bond donors (Lipinski definition) is 3.